The molecule has 108 valence electrons. The number of hydrogen-bond donors (Lipinski definition) is 0. The fraction of sp³-hybridized carbons (Fsp3) is 0.278. The summed E-state index contributed by atoms with van der Waals surface area (Å²) in [6, 6.07) is 12.7. The molecular weight excluding hydrogens is 265 g/mol. The number of nitrogens with zero attached hydrogens (tertiary/aromatic N) is 1. The topological polar surface area (TPSA) is 20.3 Å². The molecule has 0 N–H and O–H groups in total. The van der Waals surface area contributed by atoms with Gasteiger partial charge >= 0.3 is 0 Å². The van der Waals surface area contributed by atoms with Crippen molar-refractivity contribution in [2.24, 2.45) is 5.92 Å². The van der Waals surface area contributed by atoms with Crippen LogP contribution < -0.4 is 4.90 Å². The molecule has 0 radical (unpaired) electrons. The molecule has 3 heteroatoms. The Bertz CT molecular complexity index is 695. The van der Waals surface area contributed by atoms with Crippen molar-refractivity contribution in [2.45, 2.75) is 20.3 Å². The number of carbonyl (C=O) groups excluding carboxylic acids is 1. The summed E-state index contributed by atoms with van der Waals surface area (Å²) in [5.41, 5.74) is 3.63. The molecule has 2 aromatic rings. The van der Waals surface area contributed by atoms with Gasteiger partial charge in [-0.3, -0.25) is 4.79 Å². The molecule has 0 amide bonds. The lowest BCUT2D eigenvalue weighted by Crippen LogP contribution is -2.31. The summed E-state index contributed by atoms with van der Waals surface area (Å²) in [4.78, 5) is 14.0. The summed E-state index contributed by atoms with van der Waals surface area (Å²) >= 11 is 0. The van der Waals surface area contributed by atoms with Crippen LogP contribution in [0.15, 0.2) is 42.5 Å². The molecule has 0 fully saturated rings. The molecule has 2 aromatic carbocycles. The Morgan fingerprint density at radius 1 is 1.19 bits per heavy atom. The number of rotatable bonds is 2. The summed E-state index contributed by atoms with van der Waals surface area (Å²) in [6.07, 6.45) is 1.03. The summed E-state index contributed by atoms with van der Waals surface area (Å²) in [6.45, 7) is 4.51. The van der Waals surface area contributed by atoms with Crippen molar-refractivity contribution in [1.29, 1.82) is 0 Å². The molecule has 2 nitrogen and oxygen atoms in total. The van der Waals surface area contributed by atoms with Gasteiger partial charge < -0.3 is 4.90 Å². The number of ketones is 1. The summed E-state index contributed by atoms with van der Waals surface area (Å²) in [7, 11) is 0. The first-order chi connectivity index (χ1) is 10.1. The van der Waals surface area contributed by atoms with Crippen LogP contribution in [0.4, 0.5) is 15.8 Å². The number of hydrogen-bond acceptors (Lipinski definition) is 2. The van der Waals surface area contributed by atoms with Crippen molar-refractivity contribution in [3.63, 3.8) is 0 Å². The van der Waals surface area contributed by atoms with E-state index < -0.39 is 0 Å². The monoisotopic (exact) mass is 283 g/mol. The maximum Gasteiger partial charge on any atom is 0.162 e. The Hall–Kier alpha value is -2.16. The Balaban J connectivity index is 2.15. The minimum Gasteiger partial charge on any atom is -0.340 e. The van der Waals surface area contributed by atoms with Crippen molar-refractivity contribution < 1.29 is 9.18 Å². The van der Waals surface area contributed by atoms with E-state index in [1.54, 1.807) is 6.07 Å². The molecule has 0 aromatic heterocycles. The largest absolute Gasteiger partial charge is 0.340 e. The molecule has 1 heterocycles. The summed E-state index contributed by atoms with van der Waals surface area (Å²) < 4.78 is 13.5. The van der Waals surface area contributed by atoms with Crippen LogP contribution in [0.2, 0.25) is 0 Å². The highest BCUT2D eigenvalue weighted by Gasteiger charge is 2.25. The number of para-hydroxylation sites is 1. The van der Waals surface area contributed by atoms with Gasteiger partial charge in [0.15, 0.2) is 5.78 Å². The van der Waals surface area contributed by atoms with E-state index in [1.165, 1.54) is 24.6 Å². The summed E-state index contributed by atoms with van der Waals surface area (Å²) in [5, 5.41) is 0. The highest BCUT2D eigenvalue weighted by Crippen LogP contribution is 2.37. The lowest BCUT2D eigenvalue weighted by Gasteiger charge is -2.35. The van der Waals surface area contributed by atoms with Gasteiger partial charge in [0.1, 0.15) is 5.82 Å². The first-order valence-corrected chi connectivity index (χ1v) is 7.22. The third kappa shape index (κ3) is 2.56. The van der Waals surface area contributed by atoms with E-state index in [1.807, 2.05) is 12.1 Å². The van der Waals surface area contributed by atoms with E-state index in [0.29, 0.717) is 11.5 Å². The normalized spacial score (nSPS) is 17.5. The van der Waals surface area contributed by atoms with Gasteiger partial charge in [-0.05, 0) is 49.1 Å². The van der Waals surface area contributed by atoms with Gasteiger partial charge in [-0.25, -0.2) is 4.39 Å². The van der Waals surface area contributed by atoms with Crippen LogP contribution >= 0.6 is 0 Å². The number of Topliss-reactive ketones (excluding diaryl/α,β-unsaturated/α-hetero) is 1. The van der Waals surface area contributed by atoms with E-state index >= 15 is 0 Å². The zero-order valence-corrected chi connectivity index (χ0v) is 12.3. The van der Waals surface area contributed by atoms with Crippen LogP contribution in [-0.2, 0) is 6.42 Å². The zero-order valence-electron chi connectivity index (χ0n) is 12.3. The Labute approximate surface area is 124 Å². The van der Waals surface area contributed by atoms with Crippen molar-refractivity contribution in [1.82, 2.24) is 0 Å². The van der Waals surface area contributed by atoms with Gasteiger partial charge in [-0.1, -0.05) is 25.1 Å². The van der Waals surface area contributed by atoms with E-state index in [-0.39, 0.29) is 11.6 Å². The fourth-order valence-corrected chi connectivity index (χ4v) is 3.05. The van der Waals surface area contributed by atoms with Crippen LogP contribution in [0, 0.1) is 11.7 Å². The average molecular weight is 283 g/mol. The second kappa shape index (κ2) is 5.32. The number of benzene rings is 2. The standard InChI is InChI=1S/C18H18FNO/c1-12-9-14-5-3-4-6-17(14)20(11-12)18-8-7-15(19)10-16(18)13(2)21/h3-8,10,12H,9,11H2,1-2H3. The molecule has 1 aliphatic heterocycles. The van der Waals surface area contributed by atoms with Crippen LogP contribution in [0.25, 0.3) is 0 Å². The number of fused-ring (bicyclic) bond motifs is 1. The SMILES string of the molecule is CC(=O)c1cc(F)ccc1N1CC(C)Cc2ccccc21. The molecule has 0 bridgehead atoms. The van der Waals surface area contributed by atoms with Crippen molar-refractivity contribution in [3.8, 4) is 0 Å². The predicted molar refractivity (Wildman–Crippen MR) is 82.7 cm³/mol. The van der Waals surface area contributed by atoms with Crippen LogP contribution in [0.3, 0.4) is 0 Å². The van der Waals surface area contributed by atoms with Gasteiger partial charge in [0.05, 0.1) is 5.69 Å². The van der Waals surface area contributed by atoms with Crippen LogP contribution in [0.5, 0.6) is 0 Å². The predicted octanol–water partition coefficient (Wildman–Crippen LogP) is 4.36. The van der Waals surface area contributed by atoms with Crippen molar-refractivity contribution >= 4 is 17.2 Å². The lowest BCUT2D eigenvalue weighted by molar-refractivity contribution is 0.101. The maximum atomic E-state index is 13.5. The molecular formula is C18H18FNO. The number of anilines is 2. The van der Waals surface area contributed by atoms with Crippen LogP contribution in [0.1, 0.15) is 29.8 Å². The molecule has 1 atom stereocenters. The molecule has 0 saturated heterocycles. The Morgan fingerprint density at radius 3 is 2.71 bits per heavy atom. The summed E-state index contributed by atoms with van der Waals surface area (Å²) in [5.74, 6) is 0.00672. The van der Waals surface area contributed by atoms with Gasteiger partial charge in [0.25, 0.3) is 0 Å². The first-order valence-electron chi connectivity index (χ1n) is 7.22. The zero-order chi connectivity index (χ0) is 15.0. The third-order valence-corrected chi connectivity index (χ3v) is 3.97. The highest BCUT2D eigenvalue weighted by molar-refractivity contribution is 6.00. The number of halogens is 1. The smallest absolute Gasteiger partial charge is 0.162 e. The second-order valence-corrected chi connectivity index (χ2v) is 5.77. The third-order valence-electron chi connectivity index (χ3n) is 3.97. The van der Waals surface area contributed by atoms with E-state index in [9.17, 15) is 9.18 Å². The second-order valence-electron chi connectivity index (χ2n) is 5.77. The molecule has 0 aliphatic carbocycles. The number of carbonyl (C=O) groups is 1. The first kappa shape index (κ1) is 13.8. The molecule has 21 heavy (non-hydrogen) atoms. The molecule has 3 rings (SSSR count). The minimum absolute atomic E-state index is 0.111. The van der Waals surface area contributed by atoms with Crippen molar-refractivity contribution in [3.05, 3.63) is 59.4 Å². The van der Waals surface area contributed by atoms with Crippen LogP contribution in [-0.4, -0.2) is 12.3 Å². The van der Waals surface area contributed by atoms with E-state index in [2.05, 4.69) is 24.0 Å². The van der Waals surface area contributed by atoms with E-state index in [4.69, 9.17) is 0 Å². The van der Waals surface area contributed by atoms with E-state index in [0.717, 1.165) is 24.3 Å². The van der Waals surface area contributed by atoms with Gasteiger partial charge in [-0.2, -0.15) is 0 Å². The molecule has 0 spiro atoms. The average Bonchev–Trinajstić information content (AvgIpc) is 2.46. The van der Waals surface area contributed by atoms with Gasteiger partial charge in [0.2, 0.25) is 0 Å². The fourth-order valence-electron chi connectivity index (χ4n) is 3.05. The van der Waals surface area contributed by atoms with Gasteiger partial charge in [0, 0.05) is 17.8 Å². The molecule has 1 unspecified atom stereocenters. The quantitative estimate of drug-likeness (QED) is 0.763. The Morgan fingerprint density at radius 2 is 1.95 bits per heavy atom. The molecule has 0 saturated carbocycles. The minimum atomic E-state index is -0.373. The van der Waals surface area contributed by atoms with Gasteiger partial charge in [-0.15, -0.1) is 0 Å². The maximum absolute atomic E-state index is 13.5. The highest BCUT2D eigenvalue weighted by atomic mass is 19.1. The molecule has 1 aliphatic rings. The van der Waals surface area contributed by atoms with Crippen molar-refractivity contribution in [2.75, 3.05) is 11.4 Å². The Kier molecular flexibility index (Phi) is 3.50. The lowest BCUT2D eigenvalue weighted by atomic mass is 9.92.